The number of fused-ring (bicyclic) bond motifs is 1. The summed E-state index contributed by atoms with van der Waals surface area (Å²) in [6.45, 7) is 3.72. The zero-order valence-corrected chi connectivity index (χ0v) is 17.2. The van der Waals surface area contributed by atoms with Gasteiger partial charge in [0.2, 0.25) is 10.0 Å². The third-order valence-corrected chi connectivity index (χ3v) is 6.15. The fourth-order valence-electron chi connectivity index (χ4n) is 2.68. The molecule has 142 valence electrons. The highest BCUT2D eigenvalue weighted by molar-refractivity contribution is 7.92. The first-order valence-electron chi connectivity index (χ1n) is 8.37. The molecule has 0 radical (unpaired) electrons. The molecule has 6 nitrogen and oxygen atoms in total. The number of hydrogen-bond donors (Lipinski definition) is 1. The molecule has 3 aromatic rings. The average molecular weight is 404 g/mol. The number of hydrogen-bond acceptors (Lipinski definition) is 5. The van der Waals surface area contributed by atoms with Crippen LogP contribution < -0.4 is 4.72 Å². The predicted molar refractivity (Wildman–Crippen MR) is 110 cm³/mol. The second-order valence-corrected chi connectivity index (χ2v) is 9.33. The van der Waals surface area contributed by atoms with Crippen LogP contribution in [0.1, 0.15) is 33.9 Å². The minimum Gasteiger partial charge on any atom is -0.333 e. The Labute approximate surface area is 162 Å². The molecule has 2 aromatic carbocycles. The van der Waals surface area contributed by atoms with Crippen molar-refractivity contribution in [3.63, 3.8) is 0 Å². The van der Waals surface area contributed by atoms with Crippen molar-refractivity contribution >= 4 is 43.2 Å². The molecule has 0 saturated heterocycles. The summed E-state index contributed by atoms with van der Waals surface area (Å²) in [5.41, 5.74) is 2.49. The number of nitrogens with one attached hydrogen (secondary N) is 1. The molecule has 1 amide bonds. The lowest BCUT2D eigenvalue weighted by molar-refractivity contribution is 0.0742. The number of para-hydroxylation sites is 1. The number of rotatable bonds is 5. The summed E-state index contributed by atoms with van der Waals surface area (Å²) in [6.07, 6.45) is 1.09. The summed E-state index contributed by atoms with van der Waals surface area (Å²) in [5.74, 6) is -0.196. The van der Waals surface area contributed by atoms with E-state index in [1.165, 1.54) is 0 Å². The number of benzene rings is 2. The van der Waals surface area contributed by atoms with E-state index in [2.05, 4.69) is 9.71 Å². The molecule has 0 fully saturated rings. The number of aryl methyl sites for hydroxylation is 1. The first-order chi connectivity index (χ1) is 12.7. The molecule has 0 spiro atoms. The zero-order valence-electron chi connectivity index (χ0n) is 15.6. The standard InChI is InChI=1S/C19H21N3O3S2/c1-12-9-10-14(11-16(12)21-27(4,24)25)19(23)22(3)13(2)18-20-15-7-5-6-8-17(15)26-18/h5-11,13,21H,1-4H3. The smallest absolute Gasteiger partial charge is 0.254 e. The minimum absolute atomic E-state index is 0.196. The van der Waals surface area contributed by atoms with Gasteiger partial charge in [-0.05, 0) is 43.7 Å². The third kappa shape index (κ3) is 4.28. The summed E-state index contributed by atoms with van der Waals surface area (Å²) >= 11 is 1.56. The number of carbonyl (C=O) groups excluding carboxylic acids is 1. The molecular formula is C19H21N3O3S2. The van der Waals surface area contributed by atoms with Crippen LogP contribution in [0.25, 0.3) is 10.2 Å². The Morgan fingerprint density at radius 3 is 2.59 bits per heavy atom. The van der Waals surface area contributed by atoms with Crippen molar-refractivity contribution in [2.24, 2.45) is 0 Å². The van der Waals surface area contributed by atoms with E-state index < -0.39 is 10.0 Å². The molecule has 1 atom stereocenters. The van der Waals surface area contributed by atoms with Crippen LogP contribution in [0, 0.1) is 6.92 Å². The van der Waals surface area contributed by atoms with Gasteiger partial charge in [0.05, 0.1) is 28.2 Å². The Balaban J connectivity index is 1.87. The van der Waals surface area contributed by atoms with Crippen LogP contribution in [0.4, 0.5) is 5.69 Å². The molecule has 1 aromatic heterocycles. The van der Waals surface area contributed by atoms with Crippen molar-refractivity contribution < 1.29 is 13.2 Å². The minimum atomic E-state index is -3.42. The van der Waals surface area contributed by atoms with Gasteiger partial charge in [0.15, 0.2) is 0 Å². The van der Waals surface area contributed by atoms with E-state index in [1.54, 1.807) is 48.4 Å². The fourth-order valence-corrected chi connectivity index (χ4v) is 4.36. The molecule has 3 rings (SSSR count). The third-order valence-electron chi connectivity index (χ3n) is 4.35. The zero-order chi connectivity index (χ0) is 19.8. The van der Waals surface area contributed by atoms with Crippen molar-refractivity contribution in [2.45, 2.75) is 19.9 Å². The van der Waals surface area contributed by atoms with Crippen molar-refractivity contribution in [1.82, 2.24) is 9.88 Å². The second-order valence-electron chi connectivity index (χ2n) is 6.52. The van der Waals surface area contributed by atoms with Crippen LogP contribution in [0.2, 0.25) is 0 Å². The Bertz CT molecular complexity index is 1070. The van der Waals surface area contributed by atoms with E-state index in [0.29, 0.717) is 11.3 Å². The maximum atomic E-state index is 12.9. The Morgan fingerprint density at radius 2 is 1.93 bits per heavy atom. The number of amides is 1. The maximum absolute atomic E-state index is 12.9. The predicted octanol–water partition coefficient (Wildman–Crippen LogP) is 3.81. The number of anilines is 1. The van der Waals surface area contributed by atoms with Gasteiger partial charge in [0.25, 0.3) is 5.91 Å². The highest BCUT2D eigenvalue weighted by Gasteiger charge is 2.22. The number of sulfonamides is 1. The quantitative estimate of drug-likeness (QED) is 0.703. The van der Waals surface area contributed by atoms with E-state index in [4.69, 9.17) is 0 Å². The SMILES string of the molecule is Cc1ccc(C(=O)N(C)C(C)c2nc3ccccc3s2)cc1NS(C)(=O)=O. The van der Waals surface area contributed by atoms with E-state index in [1.807, 2.05) is 31.2 Å². The molecule has 0 bridgehead atoms. The summed E-state index contributed by atoms with van der Waals surface area (Å²) < 4.78 is 26.6. The Kier molecular flexibility index (Phi) is 5.21. The fraction of sp³-hybridized carbons (Fsp3) is 0.263. The van der Waals surface area contributed by atoms with Crippen molar-refractivity contribution in [3.05, 3.63) is 58.6 Å². The molecule has 1 unspecified atom stereocenters. The van der Waals surface area contributed by atoms with Crippen LogP contribution in [0.3, 0.4) is 0 Å². The maximum Gasteiger partial charge on any atom is 0.254 e. The van der Waals surface area contributed by atoms with Crippen molar-refractivity contribution in [2.75, 3.05) is 18.0 Å². The van der Waals surface area contributed by atoms with Gasteiger partial charge in [0.1, 0.15) is 5.01 Å². The molecule has 0 aliphatic heterocycles. The largest absolute Gasteiger partial charge is 0.333 e. The molecule has 27 heavy (non-hydrogen) atoms. The van der Waals surface area contributed by atoms with Gasteiger partial charge in [-0.3, -0.25) is 9.52 Å². The lowest BCUT2D eigenvalue weighted by Crippen LogP contribution is -2.29. The summed E-state index contributed by atoms with van der Waals surface area (Å²) in [4.78, 5) is 19.2. The van der Waals surface area contributed by atoms with E-state index >= 15 is 0 Å². The van der Waals surface area contributed by atoms with Crippen LogP contribution in [0.15, 0.2) is 42.5 Å². The Hall–Kier alpha value is -2.45. The number of aromatic nitrogens is 1. The van der Waals surface area contributed by atoms with Crippen LogP contribution in [-0.2, 0) is 10.0 Å². The topological polar surface area (TPSA) is 79.4 Å². The second kappa shape index (κ2) is 7.28. The van der Waals surface area contributed by atoms with Gasteiger partial charge in [-0.2, -0.15) is 0 Å². The lowest BCUT2D eigenvalue weighted by Gasteiger charge is -2.23. The van der Waals surface area contributed by atoms with Gasteiger partial charge >= 0.3 is 0 Å². The summed E-state index contributed by atoms with van der Waals surface area (Å²) in [6, 6.07) is 12.7. The first kappa shape index (κ1) is 19.3. The van der Waals surface area contributed by atoms with Gasteiger partial charge in [-0.25, -0.2) is 13.4 Å². The van der Waals surface area contributed by atoms with Gasteiger partial charge in [-0.15, -0.1) is 11.3 Å². The molecule has 8 heteroatoms. The number of thiazole rings is 1. The normalized spacial score (nSPS) is 12.7. The van der Waals surface area contributed by atoms with Gasteiger partial charge in [-0.1, -0.05) is 18.2 Å². The average Bonchev–Trinajstić information content (AvgIpc) is 3.04. The lowest BCUT2D eigenvalue weighted by atomic mass is 10.1. The van der Waals surface area contributed by atoms with E-state index in [0.717, 1.165) is 27.0 Å². The van der Waals surface area contributed by atoms with Crippen LogP contribution >= 0.6 is 11.3 Å². The highest BCUT2D eigenvalue weighted by atomic mass is 32.2. The van der Waals surface area contributed by atoms with Crippen molar-refractivity contribution in [1.29, 1.82) is 0 Å². The number of carbonyl (C=O) groups is 1. The van der Waals surface area contributed by atoms with E-state index in [9.17, 15) is 13.2 Å². The molecular weight excluding hydrogens is 382 g/mol. The summed E-state index contributed by atoms with van der Waals surface area (Å²) in [7, 11) is -1.69. The molecule has 1 N–H and O–H groups in total. The molecule has 0 aliphatic rings. The Morgan fingerprint density at radius 1 is 1.22 bits per heavy atom. The van der Waals surface area contributed by atoms with Crippen LogP contribution in [-0.4, -0.2) is 37.5 Å². The van der Waals surface area contributed by atoms with Gasteiger partial charge < -0.3 is 4.90 Å². The van der Waals surface area contributed by atoms with Gasteiger partial charge in [0, 0.05) is 12.6 Å². The molecule has 0 saturated carbocycles. The highest BCUT2D eigenvalue weighted by Crippen LogP contribution is 2.30. The number of nitrogens with zero attached hydrogens (tertiary/aromatic N) is 2. The monoisotopic (exact) mass is 403 g/mol. The summed E-state index contributed by atoms with van der Waals surface area (Å²) in [5, 5.41) is 0.855. The van der Waals surface area contributed by atoms with Crippen LogP contribution in [0.5, 0.6) is 0 Å². The van der Waals surface area contributed by atoms with E-state index in [-0.39, 0.29) is 11.9 Å². The first-order valence-corrected chi connectivity index (χ1v) is 11.1. The van der Waals surface area contributed by atoms with Crippen molar-refractivity contribution in [3.8, 4) is 0 Å². The molecule has 0 aliphatic carbocycles. The molecule has 1 heterocycles.